The molecule has 1 rings (SSSR count). The van der Waals surface area contributed by atoms with Crippen LogP contribution in [0.5, 0.6) is 0 Å². The van der Waals surface area contributed by atoms with Crippen LogP contribution in [0.15, 0.2) is 24.3 Å². The predicted molar refractivity (Wildman–Crippen MR) is 59.6 cm³/mol. The lowest BCUT2D eigenvalue weighted by Crippen LogP contribution is -2.34. The Balaban J connectivity index is 2.75. The fourth-order valence-electron chi connectivity index (χ4n) is 1.35. The number of nitrogens with one attached hydrogen (secondary N) is 1. The van der Waals surface area contributed by atoms with E-state index in [4.69, 9.17) is 12.2 Å². The maximum Gasteiger partial charge on any atom is 0.123 e. The summed E-state index contributed by atoms with van der Waals surface area (Å²) in [7, 11) is 0. The summed E-state index contributed by atoms with van der Waals surface area (Å²) >= 11 is 0. The quantitative estimate of drug-likeness (QED) is 0.731. The third-order valence-electron chi connectivity index (χ3n) is 2.21. The lowest BCUT2D eigenvalue weighted by atomic mass is 10.1. The second-order valence-corrected chi connectivity index (χ2v) is 3.39. The molecule has 0 aliphatic carbocycles. The van der Waals surface area contributed by atoms with E-state index in [0.717, 1.165) is 5.56 Å². The van der Waals surface area contributed by atoms with Gasteiger partial charge < -0.3 is 5.73 Å². The van der Waals surface area contributed by atoms with Crippen molar-refractivity contribution in [3.8, 4) is 12.3 Å². The molecule has 0 radical (unpaired) electrons. The van der Waals surface area contributed by atoms with Crippen molar-refractivity contribution in [2.24, 2.45) is 5.73 Å². The van der Waals surface area contributed by atoms with Gasteiger partial charge in [0.2, 0.25) is 0 Å². The second-order valence-electron chi connectivity index (χ2n) is 3.39. The molecule has 1 aromatic rings. The van der Waals surface area contributed by atoms with Crippen molar-refractivity contribution in [1.29, 1.82) is 0 Å². The van der Waals surface area contributed by atoms with Gasteiger partial charge in [-0.2, -0.15) is 0 Å². The number of nitrogens with two attached hydrogens (primary N) is 1. The summed E-state index contributed by atoms with van der Waals surface area (Å²) in [5.74, 6) is 2.32. The lowest BCUT2D eigenvalue weighted by Gasteiger charge is -2.19. The van der Waals surface area contributed by atoms with Crippen molar-refractivity contribution in [3.63, 3.8) is 0 Å². The normalized spacial score (nSPS) is 14.3. The van der Waals surface area contributed by atoms with E-state index in [9.17, 15) is 4.39 Å². The number of terminal acetylenes is 1. The van der Waals surface area contributed by atoms with E-state index < -0.39 is 0 Å². The van der Waals surface area contributed by atoms with Crippen LogP contribution in [0.1, 0.15) is 18.5 Å². The zero-order valence-corrected chi connectivity index (χ0v) is 8.70. The van der Waals surface area contributed by atoms with Crippen LogP contribution in [0, 0.1) is 18.2 Å². The molecule has 1 aromatic carbocycles. The predicted octanol–water partition coefficient (Wildman–Crippen LogP) is 1.44. The van der Waals surface area contributed by atoms with Crippen LogP contribution >= 0.6 is 0 Å². The molecular formula is C12H15FN2. The molecule has 2 atom stereocenters. The van der Waals surface area contributed by atoms with E-state index in [-0.39, 0.29) is 17.9 Å². The molecular weight excluding hydrogens is 191 g/mol. The van der Waals surface area contributed by atoms with Gasteiger partial charge in [-0.1, -0.05) is 18.1 Å². The standard InChI is InChI=1S/C12H15FN2/c1-3-9(2)15-12(8-14)10-4-6-11(13)7-5-10/h1,4-7,9,12,15H,8,14H2,2H3. The average molecular weight is 206 g/mol. The molecule has 0 amide bonds. The van der Waals surface area contributed by atoms with E-state index in [1.54, 1.807) is 12.1 Å². The first-order chi connectivity index (χ1) is 7.17. The fourth-order valence-corrected chi connectivity index (χ4v) is 1.35. The van der Waals surface area contributed by atoms with E-state index in [2.05, 4.69) is 11.2 Å². The summed E-state index contributed by atoms with van der Waals surface area (Å²) in [4.78, 5) is 0. The molecule has 0 heterocycles. The third kappa shape index (κ3) is 3.35. The molecule has 0 bridgehead atoms. The van der Waals surface area contributed by atoms with Gasteiger partial charge in [0.15, 0.2) is 0 Å². The minimum atomic E-state index is -0.250. The Labute approximate surface area is 89.7 Å². The van der Waals surface area contributed by atoms with Crippen LogP contribution in [-0.4, -0.2) is 12.6 Å². The van der Waals surface area contributed by atoms with Crippen molar-refractivity contribution in [1.82, 2.24) is 5.32 Å². The van der Waals surface area contributed by atoms with Crippen LogP contribution in [0.4, 0.5) is 4.39 Å². The smallest absolute Gasteiger partial charge is 0.123 e. The first-order valence-corrected chi connectivity index (χ1v) is 4.85. The SMILES string of the molecule is C#CC(C)NC(CN)c1ccc(F)cc1. The summed E-state index contributed by atoms with van der Waals surface area (Å²) in [6.45, 7) is 2.31. The Kier molecular flexibility index (Phi) is 4.29. The molecule has 0 saturated carbocycles. The van der Waals surface area contributed by atoms with E-state index in [1.807, 2.05) is 6.92 Å². The van der Waals surface area contributed by atoms with Crippen molar-refractivity contribution in [2.75, 3.05) is 6.54 Å². The fraction of sp³-hybridized carbons (Fsp3) is 0.333. The topological polar surface area (TPSA) is 38.0 Å². The summed E-state index contributed by atoms with van der Waals surface area (Å²) in [5, 5.41) is 3.17. The van der Waals surface area contributed by atoms with Gasteiger partial charge in [-0.25, -0.2) is 4.39 Å². The zero-order valence-electron chi connectivity index (χ0n) is 8.70. The molecule has 0 aliphatic rings. The largest absolute Gasteiger partial charge is 0.329 e. The summed E-state index contributed by atoms with van der Waals surface area (Å²) in [6, 6.07) is 6.17. The minimum Gasteiger partial charge on any atom is -0.329 e. The van der Waals surface area contributed by atoms with Gasteiger partial charge >= 0.3 is 0 Å². The van der Waals surface area contributed by atoms with Gasteiger partial charge in [-0.3, -0.25) is 5.32 Å². The molecule has 15 heavy (non-hydrogen) atoms. The first-order valence-electron chi connectivity index (χ1n) is 4.85. The summed E-state index contributed by atoms with van der Waals surface area (Å²) in [5.41, 5.74) is 6.57. The number of hydrogen-bond acceptors (Lipinski definition) is 2. The number of rotatable bonds is 4. The van der Waals surface area contributed by atoms with E-state index in [0.29, 0.717) is 6.54 Å². The maximum atomic E-state index is 12.7. The number of benzene rings is 1. The maximum absolute atomic E-state index is 12.7. The van der Waals surface area contributed by atoms with Crippen LogP contribution in [0.25, 0.3) is 0 Å². The molecule has 0 saturated heterocycles. The van der Waals surface area contributed by atoms with Crippen LogP contribution in [-0.2, 0) is 0 Å². The molecule has 3 heteroatoms. The Morgan fingerprint density at radius 2 is 2.07 bits per heavy atom. The third-order valence-corrected chi connectivity index (χ3v) is 2.21. The summed E-state index contributed by atoms with van der Waals surface area (Å²) < 4.78 is 12.7. The van der Waals surface area contributed by atoms with Crippen LogP contribution in [0.3, 0.4) is 0 Å². The van der Waals surface area contributed by atoms with Crippen molar-refractivity contribution in [3.05, 3.63) is 35.6 Å². The van der Waals surface area contributed by atoms with Crippen molar-refractivity contribution in [2.45, 2.75) is 19.0 Å². The van der Waals surface area contributed by atoms with Crippen LogP contribution < -0.4 is 11.1 Å². The molecule has 0 fully saturated rings. The van der Waals surface area contributed by atoms with Crippen molar-refractivity contribution < 1.29 is 4.39 Å². The second kappa shape index (κ2) is 5.50. The zero-order chi connectivity index (χ0) is 11.3. The highest BCUT2D eigenvalue weighted by Gasteiger charge is 2.10. The highest BCUT2D eigenvalue weighted by molar-refractivity contribution is 5.21. The van der Waals surface area contributed by atoms with Gasteiger partial charge in [0.05, 0.1) is 6.04 Å². The van der Waals surface area contributed by atoms with Gasteiger partial charge in [0.1, 0.15) is 5.82 Å². The Bertz CT molecular complexity index is 340. The summed E-state index contributed by atoms with van der Waals surface area (Å²) in [6.07, 6.45) is 5.26. The van der Waals surface area contributed by atoms with E-state index >= 15 is 0 Å². The lowest BCUT2D eigenvalue weighted by molar-refractivity contribution is 0.517. The monoisotopic (exact) mass is 206 g/mol. The minimum absolute atomic E-state index is 0.0309. The number of hydrogen-bond donors (Lipinski definition) is 2. The highest BCUT2D eigenvalue weighted by Crippen LogP contribution is 2.12. The van der Waals surface area contributed by atoms with Gasteiger partial charge in [-0.15, -0.1) is 6.42 Å². The molecule has 0 aromatic heterocycles. The molecule has 3 N–H and O–H groups in total. The Morgan fingerprint density at radius 1 is 1.47 bits per heavy atom. The molecule has 80 valence electrons. The van der Waals surface area contributed by atoms with Gasteiger partial charge in [-0.05, 0) is 24.6 Å². The molecule has 0 spiro atoms. The molecule has 2 nitrogen and oxygen atoms in total. The Morgan fingerprint density at radius 3 is 2.53 bits per heavy atom. The molecule has 0 aliphatic heterocycles. The molecule has 2 unspecified atom stereocenters. The van der Waals surface area contributed by atoms with Gasteiger partial charge in [0, 0.05) is 12.6 Å². The Hall–Kier alpha value is -1.37. The van der Waals surface area contributed by atoms with Crippen molar-refractivity contribution >= 4 is 0 Å². The van der Waals surface area contributed by atoms with Gasteiger partial charge in [0.25, 0.3) is 0 Å². The average Bonchev–Trinajstić information content (AvgIpc) is 2.27. The van der Waals surface area contributed by atoms with E-state index in [1.165, 1.54) is 12.1 Å². The highest BCUT2D eigenvalue weighted by atomic mass is 19.1. The van der Waals surface area contributed by atoms with Crippen LogP contribution in [0.2, 0.25) is 0 Å². The number of halogens is 1. The first kappa shape index (κ1) is 11.7.